The number of methoxy groups -OCH3 is 1. The normalized spacial score (nSPS) is 11.1. The molecule has 1 heterocycles. The average Bonchev–Trinajstić information content (AvgIpc) is 2.99. The second-order valence-electron chi connectivity index (χ2n) is 5.21. The van der Waals surface area contributed by atoms with E-state index in [1.807, 2.05) is 0 Å². The van der Waals surface area contributed by atoms with Crippen molar-refractivity contribution in [2.75, 3.05) is 20.2 Å². The molecule has 26 heavy (non-hydrogen) atoms. The van der Waals surface area contributed by atoms with Gasteiger partial charge in [-0.3, -0.25) is 9.59 Å². The highest BCUT2D eigenvalue weighted by molar-refractivity contribution is 5.95. The Labute approximate surface area is 146 Å². The van der Waals surface area contributed by atoms with Gasteiger partial charge in [-0.15, -0.1) is 5.10 Å². The van der Waals surface area contributed by atoms with Crippen molar-refractivity contribution in [2.24, 2.45) is 0 Å². The van der Waals surface area contributed by atoms with Gasteiger partial charge in [0.1, 0.15) is 12.3 Å². The molecule has 2 N–H and O–H groups in total. The molecule has 0 radical (unpaired) electrons. The monoisotopic (exact) mass is 371 g/mol. The molecule has 0 aliphatic rings. The Morgan fingerprint density at radius 1 is 1.27 bits per heavy atom. The van der Waals surface area contributed by atoms with E-state index in [0.29, 0.717) is 17.1 Å². The Morgan fingerprint density at radius 2 is 2.00 bits per heavy atom. The number of carbonyl (C=O) groups excluding carboxylic acids is 2. The van der Waals surface area contributed by atoms with Crippen LogP contribution in [0.1, 0.15) is 16.2 Å². The molecule has 1 aromatic heterocycles. The van der Waals surface area contributed by atoms with Gasteiger partial charge in [0.15, 0.2) is 5.69 Å². The fourth-order valence-corrected chi connectivity index (χ4v) is 2.03. The summed E-state index contributed by atoms with van der Waals surface area (Å²) in [6.07, 6.45) is -4.52. The Balaban J connectivity index is 2.02. The maximum atomic E-state index is 12.1. The predicted molar refractivity (Wildman–Crippen MR) is 84.0 cm³/mol. The van der Waals surface area contributed by atoms with Crippen LogP contribution in [0.3, 0.4) is 0 Å². The number of nitrogens with zero attached hydrogens (tertiary/aromatic N) is 3. The van der Waals surface area contributed by atoms with Crippen LogP contribution in [0, 0.1) is 6.92 Å². The second kappa shape index (κ2) is 7.85. The van der Waals surface area contributed by atoms with Gasteiger partial charge in [-0.1, -0.05) is 11.3 Å². The van der Waals surface area contributed by atoms with Crippen molar-refractivity contribution in [1.82, 2.24) is 25.6 Å². The summed E-state index contributed by atoms with van der Waals surface area (Å²) in [5.41, 5.74) is 0.958. The fourth-order valence-electron chi connectivity index (χ4n) is 2.03. The van der Waals surface area contributed by atoms with Crippen molar-refractivity contribution in [3.8, 4) is 11.4 Å². The van der Waals surface area contributed by atoms with Crippen LogP contribution in [0.4, 0.5) is 13.2 Å². The van der Waals surface area contributed by atoms with E-state index >= 15 is 0 Å². The number of nitrogens with one attached hydrogen (secondary N) is 2. The van der Waals surface area contributed by atoms with Crippen molar-refractivity contribution < 1.29 is 27.5 Å². The summed E-state index contributed by atoms with van der Waals surface area (Å²) in [4.78, 5) is 23.4. The first-order valence-electron chi connectivity index (χ1n) is 7.39. The van der Waals surface area contributed by atoms with Crippen LogP contribution in [0.15, 0.2) is 24.3 Å². The lowest BCUT2D eigenvalue weighted by Crippen LogP contribution is -2.41. The molecule has 8 nitrogen and oxygen atoms in total. The third-order valence-corrected chi connectivity index (χ3v) is 3.30. The number of amides is 2. The fraction of sp³-hybridized carbons (Fsp3) is 0.333. The summed E-state index contributed by atoms with van der Waals surface area (Å²) in [7, 11) is 1.51. The van der Waals surface area contributed by atoms with Crippen LogP contribution in [0.2, 0.25) is 0 Å². The van der Waals surface area contributed by atoms with E-state index in [1.165, 1.54) is 11.8 Å². The molecule has 0 spiro atoms. The highest BCUT2D eigenvalue weighted by Gasteiger charge is 2.27. The molecule has 0 aliphatic heterocycles. The first kappa shape index (κ1) is 19.2. The Kier molecular flexibility index (Phi) is 5.80. The Morgan fingerprint density at radius 3 is 2.65 bits per heavy atom. The number of carbonyl (C=O) groups is 2. The molecule has 2 amide bonds. The zero-order valence-electron chi connectivity index (χ0n) is 13.9. The largest absolute Gasteiger partial charge is 0.497 e. The van der Waals surface area contributed by atoms with Gasteiger partial charge in [-0.25, -0.2) is 4.68 Å². The highest BCUT2D eigenvalue weighted by Crippen LogP contribution is 2.18. The molecule has 2 rings (SSSR count). The smallest absolute Gasteiger partial charge is 0.405 e. The minimum Gasteiger partial charge on any atom is -0.497 e. The molecule has 140 valence electrons. The van der Waals surface area contributed by atoms with Crippen LogP contribution in [0.25, 0.3) is 5.69 Å². The lowest BCUT2D eigenvalue weighted by atomic mass is 10.2. The van der Waals surface area contributed by atoms with E-state index in [-0.39, 0.29) is 5.69 Å². The summed E-state index contributed by atoms with van der Waals surface area (Å²) in [5.74, 6) is -1.10. The van der Waals surface area contributed by atoms with Gasteiger partial charge >= 0.3 is 6.18 Å². The van der Waals surface area contributed by atoms with E-state index in [1.54, 1.807) is 36.5 Å². The summed E-state index contributed by atoms with van der Waals surface area (Å²) < 4.78 is 42.6. The van der Waals surface area contributed by atoms with E-state index in [0.717, 1.165) is 0 Å². The number of hydrogen-bond donors (Lipinski definition) is 2. The molecule has 0 saturated heterocycles. The SMILES string of the molecule is COc1cccc(-n2nnc(C(=O)NCC(=O)NCC(F)(F)F)c2C)c1. The van der Waals surface area contributed by atoms with Crippen molar-refractivity contribution in [3.05, 3.63) is 35.7 Å². The summed E-state index contributed by atoms with van der Waals surface area (Å²) in [5, 5.41) is 11.5. The first-order chi connectivity index (χ1) is 12.2. The Bertz CT molecular complexity index is 804. The van der Waals surface area contributed by atoms with Gasteiger partial charge in [0.05, 0.1) is 25.0 Å². The van der Waals surface area contributed by atoms with Crippen LogP contribution in [-0.4, -0.2) is 53.2 Å². The molecule has 0 atom stereocenters. The lowest BCUT2D eigenvalue weighted by molar-refractivity contribution is -0.137. The molecular formula is C15H16F3N5O3. The van der Waals surface area contributed by atoms with Crippen molar-refractivity contribution in [2.45, 2.75) is 13.1 Å². The number of halogens is 3. The molecular weight excluding hydrogens is 355 g/mol. The summed E-state index contributed by atoms with van der Waals surface area (Å²) >= 11 is 0. The van der Waals surface area contributed by atoms with Gasteiger partial charge in [0, 0.05) is 6.07 Å². The van der Waals surface area contributed by atoms with Crippen LogP contribution >= 0.6 is 0 Å². The quantitative estimate of drug-likeness (QED) is 0.789. The maximum absolute atomic E-state index is 12.1. The number of hydrogen-bond acceptors (Lipinski definition) is 5. The van der Waals surface area contributed by atoms with Crippen LogP contribution in [0.5, 0.6) is 5.75 Å². The van der Waals surface area contributed by atoms with Crippen LogP contribution in [-0.2, 0) is 4.79 Å². The molecule has 2 aromatic rings. The second-order valence-corrected chi connectivity index (χ2v) is 5.21. The minimum absolute atomic E-state index is 0.0450. The third-order valence-electron chi connectivity index (χ3n) is 3.30. The maximum Gasteiger partial charge on any atom is 0.405 e. The minimum atomic E-state index is -4.52. The van der Waals surface area contributed by atoms with Gasteiger partial charge in [-0.05, 0) is 19.1 Å². The Hall–Kier alpha value is -3.11. The summed E-state index contributed by atoms with van der Waals surface area (Å²) in [6, 6.07) is 6.90. The van der Waals surface area contributed by atoms with Gasteiger partial charge in [-0.2, -0.15) is 13.2 Å². The van der Waals surface area contributed by atoms with Crippen molar-refractivity contribution in [3.63, 3.8) is 0 Å². The van der Waals surface area contributed by atoms with Crippen LogP contribution < -0.4 is 15.4 Å². The summed E-state index contributed by atoms with van der Waals surface area (Å²) in [6.45, 7) is -0.481. The lowest BCUT2D eigenvalue weighted by Gasteiger charge is -2.09. The van der Waals surface area contributed by atoms with E-state index in [9.17, 15) is 22.8 Å². The highest BCUT2D eigenvalue weighted by atomic mass is 19.4. The number of ether oxygens (including phenoxy) is 1. The average molecular weight is 371 g/mol. The van der Waals surface area contributed by atoms with E-state index in [2.05, 4.69) is 15.6 Å². The molecule has 0 unspecified atom stereocenters. The molecule has 11 heteroatoms. The number of aromatic nitrogens is 3. The molecule has 0 fully saturated rings. The topological polar surface area (TPSA) is 98.1 Å². The van der Waals surface area contributed by atoms with Crippen molar-refractivity contribution >= 4 is 11.8 Å². The zero-order valence-corrected chi connectivity index (χ0v) is 13.9. The standard InChI is InChI=1S/C15H16F3N5O3/c1-9-13(14(25)19-7-12(24)20-8-15(16,17)18)21-22-23(9)10-4-3-5-11(6-10)26-2/h3-6H,7-8H2,1-2H3,(H,19,25)(H,20,24). The van der Waals surface area contributed by atoms with E-state index in [4.69, 9.17) is 4.74 Å². The zero-order chi connectivity index (χ0) is 19.3. The molecule has 1 aromatic carbocycles. The predicted octanol–water partition coefficient (Wildman–Crippen LogP) is 0.993. The number of benzene rings is 1. The first-order valence-corrected chi connectivity index (χ1v) is 7.39. The number of alkyl halides is 3. The third kappa shape index (κ3) is 4.94. The van der Waals surface area contributed by atoms with Crippen molar-refractivity contribution in [1.29, 1.82) is 0 Å². The van der Waals surface area contributed by atoms with Gasteiger partial charge in [0.2, 0.25) is 5.91 Å². The van der Waals surface area contributed by atoms with Gasteiger partial charge < -0.3 is 15.4 Å². The van der Waals surface area contributed by atoms with E-state index < -0.39 is 31.1 Å². The molecule has 0 bridgehead atoms. The molecule has 0 saturated carbocycles. The van der Waals surface area contributed by atoms with Gasteiger partial charge in [0.25, 0.3) is 5.91 Å². The number of rotatable bonds is 6. The molecule has 0 aliphatic carbocycles.